The number of imide groups is 1. The molecule has 35 heavy (non-hydrogen) atoms. The maximum atomic E-state index is 12.9. The van der Waals surface area contributed by atoms with Crippen molar-refractivity contribution in [3.8, 4) is 0 Å². The van der Waals surface area contributed by atoms with Crippen molar-refractivity contribution in [1.29, 1.82) is 0 Å². The molecule has 4 rings (SSSR count). The molecule has 0 bridgehead atoms. The summed E-state index contributed by atoms with van der Waals surface area (Å²) in [4.78, 5) is 49.0. The van der Waals surface area contributed by atoms with E-state index in [2.05, 4.69) is 10.0 Å². The second-order valence-electron chi connectivity index (χ2n) is 9.50. The second-order valence-corrected chi connectivity index (χ2v) is 11.3. The van der Waals surface area contributed by atoms with Gasteiger partial charge < -0.3 is 5.73 Å². The third-order valence-electron chi connectivity index (χ3n) is 6.95. The third kappa shape index (κ3) is 5.48. The Bertz CT molecular complexity index is 1320. The Morgan fingerprint density at radius 3 is 2.51 bits per heavy atom. The lowest BCUT2D eigenvalue weighted by Crippen LogP contribution is -2.44. The maximum absolute atomic E-state index is 12.9. The summed E-state index contributed by atoms with van der Waals surface area (Å²) in [5.41, 5.74) is 7.50. The van der Waals surface area contributed by atoms with Gasteiger partial charge in [-0.15, -0.1) is 0 Å². The van der Waals surface area contributed by atoms with Gasteiger partial charge in [0.05, 0.1) is 16.8 Å². The summed E-state index contributed by atoms with van der Waals surface area (Å²) >= 11 is 0. The molecule has 1 saturated heterocycles. The van der Waals surface area contributed by atoms with Gasteiger partial charge in [0.2, 0.25) is 27.7 Å². The van der Waals surface area contributed by atoms with Crippen LogP contribution in [0, 0.1) is 5.92 Å². The monoisotopic (exact) mass is 505 g/mol. The van der Waals surface area contributed by atoms with Crippen LogP contribution in [0.1, 0.15) is 56.6 Å². The van der Waals surface area contributed by atoms with E-state index in [1.54, 1.807) is 25.2 Å². The lowest BCUT2D eigenvalue weighted by molar-refractivity contribution is -0.135. The number of nitrogens with zero attached hydrogens (tertiary/aromatic N) is 2. The fraction of sp³-hybridized carbons (Fsp3) is 0.565. The number of nitrogens with one attached hydrogen (secondary N) is 2. The number of nitrogens with two attached hydrogens (primary N) is 1. The average Bonchev–Trinajstić information content (AvgIpc) is 3.04. The van der Waals surface area contributed by atoms with Crippen LogP contribution in [0.25, 0.3) is 11.0 Å². The number of hydrogen-bond donors (Lipinski definition) is 3. The molecular weight excluding hydrogens is 474 g/mol. The zero-order chi connectivity index (χ0) is 25.3. The van der Waals surface area contributed by atoms with E-state index in [-0.39, 0.29) is 42.2 Å². The van der Waals surface area contributed by atoms with E-state index in [9.17, 15) is 27.6 Å². The van der Waals surface area contributed by atoms with E-state index in [1.807, 2.05) is 0 Å². The molecule has 1 aromatic heterocycles. The summed E-state index contributed by atoms with van der Waals surface area (Å²) in [6.07, 6.45) is 3.77. The van der Waals surface area contributed by atoms with Gasteiger partial charge in [-0.05, 0) is 62.6 Å². The lowest BCUT2D eigenvalue weighted by Gasteiger charge is -2.24. The summed E-state index contributed by atoms with van der Waals surface area (Å²) < 4.78 is 29.9. The molecule has 3 amide bonds. The Labute approximate surface area is 203 Å². The van der Waals surface area contributed by atoms with Crippen LogP contribution in [0.5, 0.6) is 0 Å². The van der Waals surface area contributed by atoms with E-state index in [4.69, 9.17) is 5.73 Å². The number of carbonyl (C=O) groups excluding carboxylic acids is 3. The van der Waals surface area contributed by atoms with Crippen molar-refractivity contribution in [2.75, 3.05) is 5.75 Å². The minimum absolute atomic E-state index is 0.0772. The summed E-state index contributed by atoms with van der Waals surface area (Å²) in [7, 11) is -2.15. The largest absolute Gasteiger partial charge is 0.329 e. The normalized spacial score (nSPS) is 23.3. The van der Waals surface area contributed by atoms with Crippen molar-refractivity contribution >= 4 is 38.8 Å². The Kier molecular flexibility index (Phi) is 7.13. The van der Waals surface area contributed by atoms with Crippen LogP contribution >= 0.6 is 0 Å². The number of imidazole rings is 1. The number of carbonyl (C=O) groups is 3. The van der Waals surface area contributed by atoms with Gasteiger partial charge in [-0.2, -0.15) is 0 Å². The highest BCUT2D eigenvalue weighted by molar-refractivity contribution is 7.90. The van der Waals surface area contributed by atoms with Crippen LogP contribution in [-0.4, -0.2) is 47.1 Å². The van der Waals surface area contributed by atoms with E-state index in [0.29, 0.717) is 49.6 Å². The fourth-order valence-corrected chi connectivity index (χ4v) is 6.03. The molecule has 190 valence electrons. The topological polar surface area (TPSA) is 162 Å². The first-order chi connectivity index (χ1) is 16.6. The van der Waals surface area contributed by atoms with Gasteiger partial charge in [0, 0.05) is 25.4 Å². The molecule has 0 spiro atoms. The van der Waals surface area contributed by atoms with Crippen molar-refractivity contribution in [3.63, 3.8) is 0 Å². The minimum atomic E-state index is -3.75. The molecule has 2 fully saturated rings. The van der Waals surface area contributed by atoms with E-state index in [0.717, 1.165) is 5.56 Å². The van der Waals surface area contributed by atoms with E-state index >= 15 is 0 Å². The molecule has 2 aromatic rings. The highest BCUT2D eigenvalue weighted by Gasteiger charge is 2.31. The van der Waals surface area contributed by atoms with Gasteiger partial charge >= 0.3 is 5.69 Å². The molecular formula is C23H31N5O6S. The van der Waals surface area contributed by atoms with Gasteiger partial charge in [-0.3, -0.25) is 33.6 Å². The summed E-state index contributed by atoms with van der Waals surface area (Å²) in [6.45, 7) is 0. The molecule has 1 atom stereocenters. The number of sulfonamides is 1. The maximum Gasteiger partial charge on any atom is 0.329 e. The Morgan fingerprint density at radius 2 is 1.83 bits per heavy atom. The third-order valence-corrected chi connectivity index (χ3v) is 8.29. The zero-order valence-electron chi connectivity index (χ0n) is 19.7. The molecule has 1 aliphatic heterocycles. The smallest absolute Gasteiger partial charge is 0.328 e. The molecule has 1 aliphatic carbocycles. The summed E-state index contributed by atoms with van der Waals surface area (Å²) in [5.74, 6) is -1.82. The lowest BCUT2D eigenvalue weighted by atomic mass is 9.86. The van der Waals surface area contributed by atoms with Crippen molar-refractivity contribution in [2.45, 2.75) is 63.5 Å². The van der Waals surface area contributed by atoms with Crippen molar-refractivity contribution in [2.24, 2.45) is 18.7 Å². The number of aryl methyl sites for hydroxylation is 2. The van der Waals surface area contributed by atoms with Crippen LogP contribution in [-0.2, 0) is 37.9 Å². The van der Waals surface area contributed by atoms with Gasteiger partial charge in [-0.1, -0.05) is 6.07 Å². The molecule has 1 aromatic carbocycles. The molecule has 12 heteroatoms. The van der Waals surface area contributed by atoms with E-state index in [1.165, 1.54) is 9.13 Å². The first-order valence-corrected chi connectivity index (χ1v) is 13.5. The van der Waals surface area contributed by atoms with Crippen molar-refractivity contribution < 1.29 is 22.8 Å². The molecule has 1 saturated carbocycles. The molecule has 0 radical (unpaired) electrons. The van der Waals surface area contributed by atoms with Gasteiger partial charge in [0.15, 0.2) is 0 Å². The predicted molar refractivity (Wildman–Crippen MR) is 129 cm³/mol. The summed E-state index contributed by atoms with van der Waals surface area (Å²) in [6, 6.07) is 4.65. The summed E-state index contributed by atoms with van der Waals surface area (Å²) in [5, 5.41) is 2.28. The van der Waals surface area contributed by atoms with Crippen LogP contribution in [0.15, 0.2) is 23.0 Å². The average molecular weight is 506 g/mol. The Hall–Kier alpha value is -2.99. The molecule has 2 heterocycles. The number of amides is 3. The Morgan fingerprint density at radius 1 is 1.11 bits per heavy atom. The zero-order valence-corrected chi connectivity index (χ0v) is 20.5. The van der Waals surface area contributed by atoms with Gasteiger partial charge in [0.1, 0.15) is 6.04 Å². The second kappa shape index (κ2) is 9.94. The standard InChI is InChI=1S/C23H31N5O6S/c1-27-19-13-14(3-2-12-35(33,34)26-21(30)15-5-7-16(24)8-6-15)4-9-17(19)28(23(27)32)18-10-11-20(29)25-22(18)31/h4,9,13,15-16,18H,2-3,5-8,10-12,24H2,1H3,(H,26,30)(H,25,29,31). The quantitative estimate of drug-likeness (QED) is 0.453. The van der Waals surface area contributed by atoms with Crippen LogP contribution in [0.3, 0.4) is 0 Å². The van der Waals surface area contributed by atoms with E-state index < -0.39 is 27.9 Å². The molecule has 2 aliphatic rings. The fourth-order valence-electron chi connectivity index (χ4n) is 4.93. The molecule has 11 nitrogen and oxygen atoms in total. The van der Waals surface area contributed by atoms with Crippen LogP contribution in [0.2, 0.25) is 0 Å². The SMILES string of the molecule is Cn1c(=O)n(C2CCC(=O)NC2=O)c2ccc(CCCS(=O)(=O)NC(=O)C3CCC(N)CC3)cc21. The predicted octanol–water partition coefficient (Wildman–Crippen LogP) is 0.214. The van der Waals surface area contributed by atoms with Crippen molar-refractivity contribution in [1.82, 2.24) is 19.2 Å². The number of fused-ring (bicyclic) bond motifs is 1. The van der Waals surface area contributed by atoms with Gasteiger partial charge in [0.25, 0.3) is 0 Å². The minimum Gasteiger partial charge on any atom is -0.328 e. The first-order valence-electron chi connectivity index (χ1n) is 11.9. The number of aromatic nitrogens is 2. The number of benzene rings is 1. The van der Waals surface area contributed by atoms with Crippen molar-refractivity contribution in [3.05, 3.63) is 34.2 Å². The van der Waals surface area contributed by atoms with Crippen LogP contribution in [0.4, 0.5) is 0 Å². The van der Waals surface area contributed by atoms with Gasteiger partial charge in [-0.25, -0.2) is 13.2 Å². The number of rotatable bonds is 7. The Balaban J connectivity index is 1.41. The highest BCUT2D eigenvalue weighted by Crippen LogP contribution is 2.25. The first kappa shape index (κ1) is 25.1. The number of piperidine rings is 1. The number of hydrogen-bond acceptors (Lipinski definition) is 7. The molecule has 1 unspecified atom stereocenters. The van der Waals surface area contributed by atoms with Crippen LogP contribution < -0.4 is 21.5 Å². The highest BCUT2D eigenvalue weighted by atomic mass is 32.2. The molecule has 4 N–H and O–H groups in total.